The molecule has 19 nitrogen and oxygen atoms in total. The lowest BCUT2D eigenvalue weighted by atomic mass is 9.98. The number of unbranched alkanes of at least 4 members (excludes halogenated alkanes) is 2. The molecule has 0 bridgehead atoms. The summed E-state index contributed by atoms with van der Waals surface area (Å²) in [4.78, 5) is 59.0. The van der Waals surface area contributed by atoms with Crippen LogP contribution in [0.4, 0.5) is 4.79 Å². The van der Waals surface area contributed by atoms with Crippen molar-refractivity contribution in [2.24, 2.45) is 0 Å². The summed E-state index contributed by atoms with van der Waals surface area (Å²) in [6.45, 7) is 2.89. The van der Waals surface area contributed by atoms with Crippen LogP contribution in [0.3, 0.4) is 0 Å². The summed E-state index contributed by atoms with van der Waals surface area (Å²) in [5.41, 5.74) is 3.46. The van der Waals surface area contributed by atoms with Crippen LogP contribution >= 0.6 is 11.6 Å². The Morgan fingerprint density at radius 1 is 1.00 bits per heavy atom. The van der Waals surface area contributed by atoms with Crippen LogP contribution in [0.5, 0.6) is 0 Å². The largest absolute Gasteiger partial charge is 0.511 e. The lowest BCUT2D eigenvalue weighted by Gasteiger charge is -2.14. The van der Waals surface area contributed by atoms with E-state index in [1.54, 1.807) is 4.57 Å². The third-order valence-electron chi connectivity index (χ3n) is 7.33. The van der Waals surface area contributed by atoms with Crippen molar-refractivity contribution >= 4 is 23.7 Å². The lowest BCUT2D eigenvalue weighted by Crippen LogP contribution is -2.25. The summed E-state index contributed by atoms with van der Waals surface area (Å²) in [5, 5.41) is 33.1. The van der Waals surface area contributed by atoms with E-state index in [0.29, 0.717) is 24.6 Å². The molecule has 2 aromatic carbocycles. The number of benzene rings is 2. The fourth-order valence-electron chi connectivity index (χ4n) is 4.93. The Morgan fingerprint density at radius 3 is 2.41 bits per heavy atom. The summed E-state index contributed by atoms with van der Waals surface area (Å²) in [6.07, 6.45) is -0.922. The molecular weight excluding hydrogens is 696 g/mol. The van der Waals surface area contributed by atoms with Crippen molar-refractivity contribution in [3.63, 3.8) is 0 Å². The molecule has 20 heteroatoms. The predicted molar refractivity (Wildman–Crippen MR) is 176 cm³/mol. The van der Waals surface area contributed by atoms with Crippen LogP contribution in [-0.2, 0) is 36.9 Å². The Morgan fingerprint density at radius 2 is 1.75 bits per heavy atom. The van der Waals surface area contributed by atoms with Crippen LogP contribution in [0.15, 0.2) is 48.5 Å². The molecule has 2 heterocycles. The first-order chi connectivity index (χ1) is 24.5. The quantitative estimate of drug-likeness (QED) is 0.0394. The van der Waals surface area contributed by atoms with Crippen LogP contribution in [0.2, 0.25) is 5.15 Å². The molecule has 2 aromatic heterocycles. The minimum atomic E-state index is -1.36. The van der Waals surface area contributed by atoms with Gasteiger partial charge in [-0.25, -0.2) is 14.6 Å². The fraction of sp³-hybridized carbons (Fsp3) is 0.419. The topological polar surface area (TPSA) is 239 Å². The van der Waals surface area contributed by atoms with Gasteiger partial charge in [-0.15, -0.1) is 30.4 Å². The zero-order chi connectivity index (χ0) is 36.8. The molecule has 0 aliphatic rings. The number of hydrogen-bond acceptors (Lipinski definition) is 15. The second-order valence-corrected chi connectivity index (χ2v) is 11.3. The zero-order valence-electron chi connectivity index (χ0n) is 27.6. The number of halogens is 1. The Bertz CT molecular complexity index is 1770. The van der Waals surface area contributed by atoms with Gasteiger partial charge in [0.2, 0.25) is 12.1 Å². The standard InChI is InChI=1S/C31H35ClN8O11/c1-3-4-12-26-33-27(30(41)49-20(2)50-31(42)47-17-8-7-9-23(51-40(45)46)19-48-39(43)44)28(32)38(26)18-21-13-15-22(16-14-21)24-10-5-6-11-25(24)29-34-36-37-35-29/h5-6,10-11,13-16,20,23H,3-4,7-9,12,17-19H2,1-2H3,(H,34,35,36,37)/t20?,23-/m0/s1. The van der Waals surface area contributed by atoms with Gasteiger partial charge in [-0.2, -0.15) is 5.21 Å². The molecule has 0 saturated heterocycles. The van der Waals surface area contributed by atoms with Gasteiger partial charge in [0.05, 0.1) is 13.2 Å². The Labute approximate surface area is 295 Å². The maximum Gasteiger partial charge on any atom is 0.511 e. The normalized spacial score (nSPS) is 12.1. The molecular formula is C31H35ClN8O11. The second-order valence-electron chi connectivity index (χ2n) is 11.0. The molecule has 1 N–H and O–H groups in total. The third-order valence-corrected chi connectivity index (χ3v) is 7.71. The molecule has 51 heavy (non-hydrogen) atoms. The highest BCUT2D eigenvalue weighted by atomic mass is 35.5. The van der Waals surface area contributed by atoms with Crippen molar-refractivity contribution < 1.29 is 43.6 Å². The first-order valence-corrected chi connectivity index (χ1v) is 16.2. The smallest absolute Gasteiger partial charge is 0.434 e. The van der Waals surface area contributed by atoms with Gasteiger partial charge in [-0.05, 0) is 47.6 Å². The number of ether oxygens (including phenoxy) is 3. The number of hydrogen-bond donors (Lipinski definition) is 1. The fourth-order valence-corrected chi connectivity index (χ4v) is 5.21. The Balaban J connectivity index is 1.32. The average Bonchev–Trinajstić information content (AvgIpc) is 3.74. The van der Waals surface area contributed by atoms with Gasteiger partial charge in [0.1, 0.15) is 23.7 Å². The summed E-state index contributed by atoms with van der Waals surface area (Å²) in [7, 11) is 0. The van der Waals surface area contributed by atoms with E-state index in [1.165, 1.54) is 6.92 Å². The van der Waals surface area contributed by atoms with Gasteiger partial charge >= 0.3 is 12.1 Å². The monoisotopic (exact) mass is 730 g/mol. The summed E-state index contributed by atoms with van der Waals surface area (Å²) >= 11 is 6.69. The van der Waals surface area contributed by atoms with E-state index in [0.717, 1.165) is 35.1 Å². The molecule has 0 aliphatic carbocycles. The van der Waals surface area contributed by atoms with Crippen molar-refractivity contribution in [1.82, 2.24) is 30.2 Å². The number of aromatic amines is 1. The SMILES string of the molecule is CCCCc1nc(C(=O)OC(C)OC(=O)OCCCC[C@@H](CO[N+](=O)[O-])O[N+](=O)[O-])c(Cl)n1Cc1ccc(-c2ccccc2-c2nn[nH]n2)cc1. The minimum absolute atomic E-state index is 0.0251. The highest BCUT2D eigenvalue weighted by Gasteiger charge is 2.25. The number of aryl methyl sites for hydroxylation is 1. The number of aromatic nitrogens is 6. The van der Waals surface area contributed by atoms with Gasteiger partial charge < -0.3 is 28.5 Å². The van der Waals surface area contributed by atoms with Gasteiger partial charge in [-0.3, -0.25) is 0 Å². The predicted octanol–water partition coefficient (Wildman–Crippen LogP) is 5.39. The number of H-pyrrole nitrogens is 1. The van der Waals surface area contributed by atoms with Crippen molar-refractivity contribution in [1.29, 1.82) is 0 Å². The van der Waals surface area contributed by atoms with E-state index in [-0.39, 0.29) is 36.7 Å². The van der Waals surface area contributed by atoms with Gasteiger partial charge in [-0.1, -0.05) is 73.5 Å². The number of imidazole rings is 1. The van der Waals surface area contributed by atoms with E-state index < -0.39 is 41.3 Å². The van der Waals surface area contributed by atoms with E-state index in [1.807, 2.05) is 55.5 Å². The second kappa shape index (κ2) is 18.8. The number of tetrazole rings is 1. The third kappa shape index (κ3) is 11.3. The van der Waals surface area contributed by atoms with E-state index in [4.69, 9.17) is 25.8 Å². The van der Waals surface area contributed by atoms with Crippen LogP contribution in [0, 0.1) is 20.2 Å². The molecule has 0 amide bonds. The molecule has 0 saturated carbocycles. The van der Waals surface area contributed by atoms with Gasteiger partial charge in [0.15, 0.2) is 5.69 Å². The summed E-state index contributed by atoms with van der Waals surface area (Å²) < 4.78 is 17.0. The number of nitrogens with zero attached hydrogens (tertiary/aromatic N) is 7. The molecule has 0 aliphatic heterocycles. The van der Waals surface area contributed by atoms with Crippen LogP contribution < -0.4 is 0 Å². The highest BCUT2D eigenvalue weighted by Crippen LogP contribution is 2.30. The first kappa shape index (κ1) is 38.0. The minimum Gasteiger partial charge on any atom is -0.434 e. The molecule has 4 aromatic rings. The van der Waals surface area contributed by atoms with E-state index >= 15 is 0 Å². The molecule has 0 spiro atoms. The van der Waals surface area contributed by atoms with Crippen molar-refractivity contribution in [3.05, 3.63) is 91.0 Å². The van der Waals surface area contributed by atoms with Crippen molar-refractivity contribution in [2.45, 2.75) is 71.3 Å². The molecule has 0 radical (unpaired) electrons. The molecule has 4 rings (SSSR count). The van der Waals surface area contributed by atoms with Gasteiger partial charge in [0, 0.05) is 18.9 Å². The zero-order valence-corrected chi connectivity index (χ0v) is 28.4. The number of carbonyl (C=O) groups excluding carboxylic acids is 2. The highest BCUT2D eigenvalue weighted by molar-refractivity contribution is 6.32. The van der Waals surface area contributed by atoms with Crippen molar-refractivity contribution in [3.8, 4) is 22.5 Å². The summed E-state index contributed by atoms with van der Waals surface area (Å²) in [6, 6.07) is 15.5. The maximum absolute atomic E-state index is 13.1. The average molecular weight is 731 g/mol. The van der Waals surface area contributed by atoms with Crippen LogP contribution in [0.25, 0.3) is 22.5 Å². The summed E-state index contributed by atoms with van der Waals surface area (Å²) in [5.74, 6) is 0.162. The van der Waals surface area contributed by atoms with Crippen LogP contribution in [-0.4, -0.2) is 78.1 Å². The number of carbonyl (C=O) groups is 2. The molecule has 0 fully saturated rings. The molecule has 1 unspecified atom stereocenters. The maximum atomic E-state index is 13.1. The Kier molecular flexibility index (Phi) is 14.0. The Hall–Kier alpha value is -5.85. The molecule has 2 atom stereocenters. The number of nitrogens with one attached hydrogen (secondary N) is 1. The van der Waals surface area contributed by atoms with E-state index in [9.17, 15) is 29.8 Å². The number of rotatable bonds is 20. The number of esters is 1. The van der Waals surface area contributed by atoms with Gasteiger partial charge in [0.25, 0.3) is 10.2 Å². The molecule has 272 valence electrons. The first-order valence-electron chi connectivity index (χ1n) is 15.9. The lowest BCUT2D eigenvalue weighted by molar-refractivity contribution is -0.790. The van der Waals surface area contributed by atoms with E-state index in [2.05, 4.69) is 35.3 Å². The van der Waals surface area contributed by atoms with Crippen molar-refractivity contribution in [2.75, 3.05) is 13.2 Å². The van der Waals surface area contributed by atoms with Crippen LogP contribution in [0.1, 0.15) is 67.8 Å².